The van der Waals surface area contributed by atoms with Crippen molar-refractivity contribution < 1.29 is 4.79 Å². The van der Waals surface area contributed by atoms with Gasteiger partial charge in [-0.25, -0.2) is 4.98 Å². The Hall–Kier alpha value is -2.66. The summed E-state index contributed by atoms with van der Waals surface area (Å²) in [5.74, 6) is -0.0134. The van der Waals surface area contributed by atoms with Crippen molar-refractivity contribution in [3.05, 3.63) is 66.0 Å². The summed E-state index contributed by atoms with van der Waals surface area (Å²) in [6.07, 6.45) is 1.73. The zero-order valence-corrected chi connectivity index (χ0v) is 14.9. The van der Waals surface area contributed by atoms with Crippen molar-refractivity contribution >= 4 is 16.9 Å². The number of hydrogen-bond acceptors (Lipinski definition) is 3. The Balaban J connectivity index is 1.62. The molecule has 3 rings (SSSR count). The van der Waals surface area contributed by atoms with Crippen LogP contribution in [-0.2, 0) is 17.9 Å². The minimum atomic E-state index is -0.305. The molecule has 0 unspecified atom stereocenters. The molecule has 1 N–H and O–H groups in total. The third-order valence-electron chi connectivity index (χ3n) is 4.27. The molecule has 0 saturated heterocycles. The summed E-state index contributed by atoms with van der Waals surface area (Å²) in [5, 5.41) is 3.01. The Labute approximate surface area is 148 Å². The molecule has 0 saturated carbocycles. The predicted molar refractivity (Wildman–Crippen MR) is 100 cm³/mol. The SMILES string of the molecule is C[C@H](C(=O)NCc1ccc(CN(C)C)cc1)n1cnc2ccccc21. The van der Waals surface area contributed by atoms with Crippen LogP contribution in [0.25, 0.3) is 11.0 Å². The largest absolute Gasteiger partial charge is 0.350 e. The van der Waals surface area contributed by atoms with Crippen LogP contribution in [0.15, 0.2) is 54.9 Å². The summed E-state index contributed by atoms with van der Waals surface area (Å²) in [5.41, 5.74) is 4.23. The molecule has 5 heteroatoms. The highest BCUT2D eigenvalue weighted by Gasteiger charge is 2.16. The molecule has 0 aliphatic heterocycles. The van der Waals surface area contributed by atoms with Crippen molar-refractivity contribution in [2.75, 3.05) is 14.1 Å². The molecule has 0 aliphatic carbocycles. The van der Waals surface area contributed by atoms with Crippen LogP contribution in [0.4, 0.5) is 0 Å². The maximum atomic E-state index is 12.5. The molecule has 0 fully saturated rings. The number of carbonyl (C=O) groups is 1. The lowest BCUT2D eigenvalue weighted by molar-refractivity contribution is -0.123. The van der Waals surface area contributed by atoms with E-state index in [-0.39, 0.29) is 11.9 Å². The second-order valence-electron chi connectivity index (χ2n) is 6.59. The first kappa shape index (κ1) is 17.2. The standard InChI is InChI=1S/C20H24N4O/c1-15(24-14-22-18-6-4-5-7-19(18)24)20(25)21-12-16-8-10-17(11-9-16)13-23(2)3/h4-11,14-15H,12-13H2,1-3H3,(H,21,25)/t15-/m1/s1. The van der Waals surface area contributed by atoms with Crippen molar-refractivity contribution in [2.24, 2.45) is 0 Å². The van der Waals surface area contributed by atoms with Gasteiger partial charge in [0.25, 0.3) is 0 Å². The molecule has 0 aliphatic rings. The van der Waals surface area contributed by atoms with Gasteiger partial charge >= 0.3 is 0 Å². The number of amides is 1. The number of nitrogens with one attached hydrogen (secondary N) is 1. The first-order valence-corrected chi connectivity index (χ1v) is 8.46. The van der Waals surface area contributed by atoms with Gasteiger partial charge in [-0.3, -0.25) is 4.79 Å². The zero-order chi connectivity index (χ0) is 17.8. The van der Waals surface area contributed by atoms with Gasteiger partial charge in [0, 0.05) is 13.1 Å². The minimum Gasteiger partial charge on any atom is -0.350 e. The molecule has 5 nitrogen and oxygen atoms in total. The van der Waals surface area contributed by atoms with Gasteiger partial charge in [-0.2, -0.15) is 0 Å². The summed E-state index contributed by atoms with van der Waals surface area (Å²) in [7, 11) is 4.10. The number of nitrogens with zero attached hydrogens (tertiary/aromatic N) is 3. The van der Waals surface area contributed by atoms with E-state index in [1.54, 1.807) is 6.33 Å². The van der Waals surface area contributed by atoms with Gasteiger partial charge in [0.1, 0.15) is 6.04 Å². The lowest BCUT2D eigenvalue weighted by Crippen LogP contribution is -2.30. The monoisotopic (exact) mass is 336 g/mol. The van der Waals surface area contributed by atoms with E-state index in [1.165, 1.54) is 5.56 Å². The van der Waals surface area contributed by atoms with Crippen molar-refractivity contribution in [1.29, 1.82) is 0 Å². The average Bonchev–Trinajstić information content (AvgIpc) is 3.04. The van der Waals surface area contributed by atoms with Gasteiger partial charge in [0.05, 0.1) is 17.4 Å². The Bertz CT molecular complexity index is 852. The molecule has 1 heterocycles. The van der Waals surface area contributed by atoms with Gasteiger partial charge in [0.2, 0.25) is 5.91 Å². The quantitative estimate of drug-likeness (QED) is 0.753. The third-order valence-corrected chi connectivity index (χ3v) is 4.27. The van der Waals surface area contributed by atoms with E-state index in [4.69, 9.17) is 0 Å². The molecule has 0 radical (unpaired) electrons. The highest BCUT2D eigenvalue weighted by atomic mass is 16.2. The zero-order valence-electron chi connectivity index (χ0n) is 14.9. The number of rotatable bonds is 6. The van der Waals surface area contributed by atoms with Crippen LogP contribution in [0.5, 0.6) is 0 Å². The van der Waals surface area contributed by atoms with E-state index in [1.807, 2.05) is 35.8 Å². The van der Waals surface area contributed by atoms with E-state index in [9.17, 15) is 4.79 Å². The van der Waals surface area contributed by atoms with Crippen LogP contribution in [0.3, 0.4) is 0 Å². The normalized spacial score (nSPS) is 12.5. The highest BCUT2D eigenvalue weighted by molar-refractivity contribution is 5.83. The lowest BCUT2D eigenvalue weighted by atomic mass is 10.1. The highest BCUT2D eigenvalue weighted by Crippen LogP contribution is 2.17. The second kappa shape index (κ2) is 7.49. The van der Waals surface area contributed by atoms with E-state index < -0.39 is 0 Å². The Morgan fingerprint density at radius 3 is 2.52 bits per heavy atom. The first-order chi connectivity index (χ1) is 12.0. The van der Waals surface area contributed by atoms with Gasteiger partial charge < -0.3 is 14.8 Å². The Morgan fingerprint density at radius 1 is 1.12 bits per heavy atom. The van der Waals surface area contributed by atoms with Crippen LogP contribution in [0, 0.1) is 0 Å². The van der Waals surface area contributed by atoms with E-state index >= 15 is 0 Å². The lowest BCUT2D eigenvalue weighted by Gasteiger charge is -2.15. The second-order valence-corrected chi connectivity index (χ2v) is 6.59. The van der Waals surface area contributed by atoms with Gasteiger partial charge in [-0.05, 0) is 44.3 Å². The molecular formula is C20H24N4O. The fourth-order valence-electron chi connectivity index (χ4n) is 2.88. The van der Waals surface area contributed by atoms with Crippen molar-refractivity contribution in [2.45, 2.75) is 26.1 Å². The van der Waals surface area contributed by atoms with Crippen LogP contribution >= 0.6 is 0 Å². The maximum absolute atomic E-state index is 12.5. The maximum Gasteiger partial charge on any atom is 0.243 e. The minimum absolute atomic E-state index is 0.0134. The van der Waals surface area contributed by atoms with Crippen LogP contribution < -0.4 is 5.32 Å². The number of para-hydroxylation sites is 2. The molecule has 1 aromatic heterocycles. The fraction of sp³-hybridized carbons (Fsp3) is 0.300. The van der Waals surface area contributed by atoms with Crippen molar-refractivity contribution in [3.8, 4) is 0 Å². The van der Waals surface area contributed by atoms with E-state index in [0.717, 1.165) is 23.1 Å². The number of fused-ring (bicyclic) bond motifs is 1. The van der Waals surface area contributed by atoms with Crippen molar-refractivity contribution in [1.82, 2.24) is 19.8 Å². The summed E-state index contributed by atoms with van der Waals surface area (Å²) < 4.78 is 1.91. The topological polar surface area (TPSA) is 50.2 Å². The first-order valence-electron chi connectivity index (χ1n) is 8.46. The van der Waals surface area contributed by atoms with Crippen molar-refractivity contribution in [3.63, 3.8) is 0 Å². The van der Waals surface area contributed by atoms with Gasteiger partial charge in [0.15, 0.2) is 0 Å². The van der Waals surface area contributed by atoms with Crippen LogP contribution in [0.2, 0.25) is 0 Å². The number of imidazole rings is 1. The molecule has 2 aromatic carbocycles. The van der Waals surface area contributed by atoms with Gasteiger partial charge in [-0.1, -0.05) is 36.4 Å². The molecular weight excluding hydrogens is 312 g/mol. The van der Waals surface area contributed by atoms with Gasteiger partial charge in [-0.15, -0.1) is 0 Å². The van der Waals surface area contributed by atoms with E-state index in [0.29, 0.717) is 6.54 Å². The molecule has 1 atom stereocenters. The van der Waals surface area contributed by atoms with E-state index in [2.05, 4.69) is 53.6 Å². The Morgan fingerprint density at radius 2 is 1.80 bits per heavy atom. The molecule has 0 spiro atoms. The smallest absolute Gasteiger partial charge is 0.243 e. The number of aromatic nitrogens is 2. The molecule has 1 amide bonds. The number of hydrogen-bond donors (Lipinski definition) is 1. The third kappa shape index (κ3) is 4.06. The average molecular weight is 336 g/mol. The number of benzene rings is 2. The predicted octanol–water partition coefficient (Wildman–Crippen LogP) is 2.98. The molecule has 25 heavy (non-hydrogen) atoms. The summed E-state index contributed by atoms with van der Waals surface area (Å²) in [4.78, 5) is 19.0. The molecule has 3 aromatic rings. The molecule has 0 bridgehead atoms. The summed E-state index contributed by atoms with van der Waals surface area (Å²) in [6, 6.07) is 15.9. The summed E-state index contributed by atoms with van der Waals surface area (Å²) >= 11 is 0. The molecule has 130 valence electrons. The Kier molecular flexibility index (Phi) is 5.14. The number of carbonyl (C=O) groups excluding carboxylic acids is 1. The summed E-state index contributed by atoms with van der Waals surface area (Å²) in [6.45, 7) is 3.33. The van der Waals surface area contributed by atoms with Crippen LogP contribution in [0.1, 0.15) is 24.1 Å². The fourth-order valence-corrected chi connectivity index (χ4v) is 2.88. The van der Waals surface area contributed by atoms with Crippen LogP contribution in [-0.4, -0.2) is 34.5 Å².